The lowest BCUT2D eigenvalue weighted by atomic mass is 9.93. The minimum Gasteiger partial charge on any atom is -0.387 e. The van der Waals surface area contributed by atoms with E-state index in [-0.39, 0.29) is 6.10 Å². The Bertz CT molecular complexity index is 685. The van der Waals surface area contributed by atoms with Gasteiger partial charge in [-0.3, -0.25) is 0 Å². The number of aromatic nitrogens is 1. The van der Waals surface area contributed by atoms with Crippen LogP contribution in [-0.2, 0) is 11.3 Å². The van der Waals surface area contributed by atoms with E-state index in [4.69, 9.17) is 16.3 Å². The standard InChI is InChI=1S/C15H17BN4O/c16-10-3-1-9(2-4-10)7-11-8-13(21-20-11)12-5-6-14(17)19-15(12)18/h1-6,13H,7-8,16H2,(H4,17,18,19). The highest BCUT2D eigenvalue weighted by Gasteiger charge is 2.25. The molecule has 6 heteroatoms. The summed E-state index contributed by atoms with van der Waals surface area (Å²) in [6, 6.07) is 12.0. The quantitative estimate of drug-likeness (QED) is 0.804. The third kappa shape index (κ3) is 2.99. The lowest BCUT2D eigenvalue weighted by Gasteiger charge is -2.10. The lowest BCUT2D eigenvalue weighted by Crippen LogP contribution is -2.08. The molecule has 0 radical (unpaired) electrons. The molecule has 4 N–H and O–H groups in total. The van der Waals surface area contributed by atoms with Gasteiger partial charge < -0.3 is 16.3 Å². The van der Waals surface area contributed by atoms with Gasteiger partial charge in [0.15, 0.2) is 6.10 Å². The highest BCUT2D eigenvalue weighted by Crippen LogP contribution is 2.31. The van der Waals surface area contributed by atoms with Crippen molar-refractivity contribution in [2.24, 2.45) is 5.16 Å². The molecule has 1 aromatic heterocycles. The van der Waals surface area contributed by atoms with Crippen LogP contribution in [0.1, 0.15) is 23.7 Å². The van der Waals surface area contributed by atoms with Gasteiger partial charge in [0.05, 0.1) is 5.71 Å². The summed E-state index contributed by atoms with van der Waals surface area (Å²) in [5, 5.41) is 4.18. The summed E-state index contributed by atoms with van der Waals surface area (Å²) in [5.74, 6) is 0.821. The van der Waals surface area contributed by atoms with E-state index >= 15 is 0 Å². The smallest absolute Gasteiger partial charge is 0.161 e. The van der Waals surface area contributed by atoms with Crippen LogP contribution in [0.3, 0.4) is 0 Å². The van der Waals surface area contributed by atoms with E-state index in [1.165, 1.54) is 11.0 Å². The summed E-state index contributed by atoms with van der Waals surface area (Å²) in [4.78, 5) is 9.56. The van der Waals surface area contributed by atoms with Crippen LogP contribution >= 0.6 is 0 Å². The van der Waals surface area contributed by atoms with Crippen molar-refractivity contribution in [1.82, 2.24) is 4.98 Å². The van der Waals surface area contributed by atoms with Crippen molar-refractivity contribution in [1.29, 1.82) is 0 Å². The van der Waals surface area contributed by atoms with E-state index < -0.39 is 0 Å². The zero-order chi connectivity index (χ0) is 14.8. The second-order valence-corrected chi connectivity index (χ2v) is 5.33. The van der Waals surface area contributed by atoms with Crippen molar-refractivity contribution < 1.29 is 4.84 Å². The van der Waals surface area contributed by atoms with Gasteiger partial charge in [-0.05, 0) is 17.7 Å². The number of nitrogens with zero attached hydrogens (tertiary/aromatic N) is 2. The Morgan fingerprint density at radius 3 is 2.62 bits per heavy atom. The summed E-state index contributed by atoms with van der Waals surface area (Å²) in [5.41, 5.74) is 15.8. The Hall–Kier alpha value is -2.50. The molecule has 5 nitrogen and oxygen atoms in total. The molecule has 1 aliphatic rings. The maximum atomic E-state index is 5.89. The van der Waals surface area contributed by atoms with Gasteiger partial charge in [-0.2, -0.15) is 0 Å². The van der Waals surface area contributed by atoms with Crippen molar-refractivity contribution in [3.05, 3.63) is 47.5 Å². The van der Waals surface area contributed by atoms with Gasteiger partial charge in [0.1, 0.15) is 19.5 Å². The number of hydrogen-bond donors (Lipinski definition) is 2. The average molecular weight is 280 g/mol. The Kier molecular flexibility index (Phi) is 3.52. The first-order valence-electron chi connectivity index (χ1n) is 6.91. The van der Waals surface area contributed by atoms with E-state index in [0.29, 0.717) is 11.6 Å². The molecular formula is C15H17BN4O. The number of benzene rings is 1. The predicted molar refractivity (Wildman–Crippen MR) is 87.3 cm³/mol. The molecular weight excluding hydrogens is 263 g/mol. The SMILES string of the molecule is Bc1ccc(CC2=NOC(c3ccc(N)nc3N)C2)cc1. The number of nitrogen functional groups attached to an aromatic ring is 2. The normalized spacial score (nSPS) is 17.3. The zero-order valence-electron chi connectivity index (χ0n) is 11.9. The Morgan fingerprint density at radius 1 is 1.14 bits per heavy atom. The molecule has 0 saturated heterocycles. The first kappa shape index (κ1) is 13.5. The number of oxime groups is 1. The molecule has 2 aromatic rings. The Balaban J connectivity index is 1.68. The monoisotopic (exact) mass is 280 g/mol. The first-order valence-corrected chi connectivity index (χ1v) is 6.91. The van der Waals surface area contributed by atoms with Gasteiger partial charge in [0.25, 0.3) is 0 Å². The van der Waals surface area contributed by atoms with Crippen molar-refractivity contribution in [2.75, 3.05) is 11.5 Å². The van der Waals surface area contributed by atoms with Crippen molar-refractivity contribution in [3.8, 4) is 0 Å². The molecule has 1 aliphatic heterocycles. The summed E-state index contributed by atoms with van der Waals surface area (Å²) >= 11 is 0. The van der Waals surface area contributed by atoms with Crippen molar-refractivity contribution in [2.45, 2.75) is 18.9 Å². The third-order valence-electron chi connectivity index (χ3n) is 3.58. The van der Waals surface area contributed by atoms with E-state index in [1.807, 2.05) is 6.07 Å². The molecule has 106 valence electrons. The topological polar surface area (TPSA) is 86.5 Å². The second kappa shape index (κ2) is 5.48. The molecule has 2 heterocycles. The molecule has 0 bridgehead atoms. The summed E-state index contributed by atoms with van der Waals surface area (Å²) in [6.07, 6.45) is 1.35. The van der Waals surface area contributed by atoms with Crippen molar-refractivity contribution in [3.63, 3.8) is 0 Å². The molecule has 0 aliphatic carbocycles. The third-order valence-corrected chi connectivity index (χ3v) is 3.58. The average Bonchev–Trinajstić information content (AvgIpc) is 2.90. The Labute approximate surface area is 124 Å². The second-order valence-electron chi connectivity index (χ2n) is 5.33. The van der Waals surface area contributed by atoms with Gasteiger partial charge in [0.2, 0.25) is 0 Å². The van der Waals surface area contributed by atoms with Crippen LogP contribution in [0, 0.1) is 0 Å². The van der Waals surface area contributed by atoms with Crippen LogP contribution in [0.5, 0.6) is 0 Å². The van der Waals surface area contributed by atoms with Crippen LogP contribution in [-0.4, -0.2) is 18.5 Å². The number of rotatable bonds is 3. The van der Waals surface area contributed by atoms with E-state index in [2.05, 4.69) is 42.3 Å². The zero-order valence-corrected chi connectivity index (χ0v) is 11.9. The predicted octanol–water partition coefficient (Wildman–Crippen LogP) is 0.564. The summed E-state index contributed by atoms with van der Waals surface area (Å²) in [6.45, 7) is 0. The molecule has 0 spiro atoms. The fourth-order valence-corrected chi connectivity index (χ4v) is 2.41. The van der Waals surface area contributed by atoms with E-state index in [1.54, 1.807) is 6.07 Å². The number of pyridine rings is 1. The first-order chi connectivity index (χ1) is 10.1. The fourth-order valence-electron chi connectivity index (χ4n) is 2.41. The maximum Gasteiger partial charge on any atom is 0.161 e. The van der Waals surface area contributed by atoms with Gasteiger partial charge in [0, 0.05) is 18.4 Å². The lowest BCUT2D eigenvalue weighted by molar-refractivity contribution is 0.0860. The van der Waals surface area contributed by atoms with Crippen LogP contribution in [0.25, 0.3) is 0 Å². The minimum atomic E-state index is -0.168. The highest BCUT2D eigenvalue weighted by molar-refractivity contribution is 6.32. The number of hydrogen-bond acceptors (Lipinski definition) is 5. The van der Waals surface area contributed by atoms with E-state index in [9.17, 15) is 0 Å². The Morgan fingerprint density at radius 2 is 1.90 bits per heavy atom. The van der Waals surface area contributed by atoms with Gasteiger partial charge in [-0.25, -0.2) is 4.98 Å². The summed E-state index contributed by atoms with van der Waals surface area (Å²) in [7, 11) is 2.08. The molecule has 1 aromatic carbocycles. The maximum absolute atomic E-state index is 5.89. The van der Waals surface area contributed by atoms with Gasteiger partial charge in [-0.1, -0.05) is 34.9 Å². The molecule has 1 unspecified atom stereocenters. The van der Waals surface area contributed by atoms with Crippen molar-refractivity contribution >= 4 is 30.7 Å². The highest BCUT2D eigenvalue weighted by atomic mass is 16.6. The molecule has 21 heavy (non-hydrogen) atoms. The molecule has 0 fully saturated rings. The van der Waals surface area contributed by atoms with E-state index in [0.717, 1.165) is 24.1 Å². The fraction of sp³-hybridized carbons (Fsp3) is 0.200. The molecule has 0 saturated carbocycles. The van der Waals surface area contributed by atoms with Crippen LogP contribution in [0.2, 0.25) is 0 Å². The van der Waals surface area contributed by atoms with Crippen LogP contribution in [0.15, 0.2) is 41.6 Å². The largest absolute Gasteiger partial charge is 0.387 e. The molecule has 1 atom stereocenters. The van der Waals surface area contributed by atoms with Gasteiger partial charge >= 0.3 is 0 Å². The van der Waals surface area contributed by atoms with Crippen LogP contribution in [0.4, 0.5) is 11.6 Å². The molecule has 0 amide bonds. The summed E-state index contributed by atoms with van der Waals surface area (Å²) < 4.78 is 0. The molecule has 3 rings (SSSR count). The number of anilines is 2. The van der Waals surface area contributed by atoms with Crippen LogP contribution < -0.4 is 16.9 Å². The minimum absolute atomic E-state index is 0.168. The number of nitrogens with two attached hydrogens (primary N) is 2. The van der Waals surface area contributed by atoms with Gasteiger partial charge in [-0.15, -0.1) is 0 Å².